The van der Waals surface area contributed by atoms with Gasteiger partial charge in [0, 0.05) is 44.1 Å². The van der Waals surface area contributed by atoms with Crippen molar-refractivity contribution in [3.8, 4) is 62.1 Å². The highest BCUT2D eigenvalue weighted by Gasteiger charge is 2.20. The van der Waals surface area contributed by atoms with Crippen LogP contribution >= 0.6 is 0 Å². The van der Waals surface area contributed by atoms with Crippen LogP contribution in [0.5, 0.6) is 11.5 Å². The van der Waals surface area contributed by atoms with Gasteiger partial charge < -0.3 is 4.74 Å². The van der Waals surface area contributed by atoms with E-state index in [-0.39, 0.29) is 33.5 Å². The maximum Gasteiger partial charge on any atom is 0.269 e. The molecule has 0 aliphatic rings. The van der Waals surface area contributed by atoms with Crippen LogP contribution in [0.4, 0.5) is 0 Å². The zero-order chi connectivity index (χ0) is 52.9. The molecule has 4 aromatic heterocycles. The van der Waals surface area contributed by atoms with E-state index in [1.54, 1.807) is 69.9 Å². The SMILES string of the molecule is [2H]c1c([2H])c([2H])c(-c2cccc(-c3c([2H])c([2H])c([2H])c([2H])c3[2H])c2-[n+]2[c-]n(-c3cccc(Oc4ccc5c6ccccc6n(-c6cc(C([2H])([2H])[2H])c(-c7cc(C)nc(C)c7)cn6)c5c4)c3)c3ccccc32)c([2H])c1[2H]. The monoisotopic (exact) mass is 812 g/mol. The van der Waals surface area contributed by atoms with Gasteiger partial charge in [-0.15, -0.1) is 0 Å². The second kappa shape index (κ2) is 15.2. The van der Waals surface area contributed by atoms with Gasteiger partial charge in [0.25, 0.3) is 6.33 Å². The standard InChI is InChI=1S/C56H41N5O/c1-37-30-55(57-35-50(37)42-31-38(2)58-39(3)32-42)61-51-25-11-10-22-48(51)49-29-28-45(34-54(49)61)62-44-21-14-20-43(33-44)59-36-60(53-27-13-12-26-52(53)59)56-46(40-16-6-4-7-17-40)23-15-24-47(56)41-18-8-5-9-19-41/h4-35H,1-3H3/i1D3,4D,5D,6D,7D,8D,9D,16D,17D,18D,19D. The van der Waals surface area contributed by atoms with E-state index in [4.69, 9.17) is 27.5 Å². The van der Waals surface area contributed by atoms with Crippen LogP contribution in [0, 0.1) is 27.0 Å². The van der Waals surface area contributed by atoms with Crippen molar-refractivity contribution in [2.24, 2.45) is 0 Å². The van der Waals surface area contributed by atoms with E-state index in [0.717, 1.165) is 33.2 Å². The molecule has 4 heterocycles. The highest BCUT2D eigenvalue weighted by molar-refractivity contribution is 6.09. The van der Waals surface area contributed by atoms with Crippen molar-refractivity contribution in [3.63, 3.8) is 0 Å². The van der Waals surface area contributed by atoms with Crippen molar-refractivity contribution in [2.45, 2.75) is 20.7 Å². The van der Waals surface area contributed by atoms with Crippen molar-refractivity contribution in [2.75, 3.05) is 0 Å². The second-order valence-corrected chi connectivity index (χ2v) is 14.8. The van der Waals surface area contributed by atoms with Crippen LogP contribution in [-0.4, -0.2) is 19.1 Å². The Bertz CT molecular complexity index is 4040. The van der Waals surface area contributed by atoms with E-state index in [0.29, 0.717) is 45.2 Å². The first kappa shape index (κ1) is 25.5. The molecule has 7 aromatic carbocycles. The summed E-state index contributed by atoms with van der Waals surface area (Å²) in [5.41, 5.74) is 6.18. The molecule has 0 atom stereocenters. The summed E-state index contributed by atoms with van der Waals surface area (Å²) in [4.78, 5) is 9.36. The average molecular weight is 813 g/mol. The minimum absolute atomic E-state index is 0.130. The van der Waals surface area contributed by atoms with Gasteiger partial charge in [-0.2, -0.15) is 0 Å². The molecule has 0 N–H and O–H groups in total. The van der Waals surface area contributed by atoms with Gasteiger partial charge in [-0.1, -0.05) is 127 Å². The van der Waals surface area contributed by atoms with Crippen molar-refractivity contribution < 1.29 is 27.1 Å². The molecule has 6 heteroatoms. The maximum atomic E-state index is 9.02. The Hall–Kier alpha value is -8.09. The van der Waals surface area contributed by atoms with Gasteiger partial charge in [0.2, 0.25) is 0 Å². The molecule has 0 saturated carbocycles. The summed E-state index contributed by atoms with van der Waals surface area (Å²) in [6.45, 7) is 1.26. The number of imidazole rings is 1. The van der Waals surface area contributed by atoms with Gasteiger partial charge in [-0.25, -0.2) is 4.98 Å². The summed E-state index contributed by atoms with van der Waals surface area (Å²) < 4.78 is 125. The summed E-state index contributed by atoms with van der Waals surface area (Å²) in [5, 5.41) is 1.81. The summed E-state index contributed by atoms with van der Waals surface area (Å²) in [6, 6.07) is 32.6. The lowest BCUT2D eigenvalue weighted by Crippen LogP contribution is -2.31. The van der Waals surface area contributed by atoms with Crippen LogP contribution in [0.25, 0.3) is 83.4 Å². The summed E-state index contributed by atoms with van der Waals surface area (Å²) in [7, 11) is 0. The Morgan fingerprint density at radius 1 is 0.597 bits per heavy atom. The minimum atomic E-state index is -2.47. The maximum absolute atomic E-state index is 9.02. The van der Waals surface area contributed by atoms with Gasteiger partial charge in [-0.3, -0.25) is 18.7 Å². The van der Waals surface area contributed by atoms with Gasteiger partial charge in [0.1, 0.15) is 17.3 Å². The van der Waals surface area contributed by atoms with E-state index < -0.39 is 67.3 Å². The number of aryl methyl sites for hydroxylation is 3. The highest BCUT2D eigenvalue weighted by Crippen LogP contribution is 2.38. The number of hydrogen-bond donors (Lipinski definition) is 0. The quantitative estimate of drug-likeness (QED) is 0.113. The average Bonchev–Trinajstić information content (AvgIpc) is 3.95. The molecule has 6 nitrogen and oxygen atoms in total. The van der Waals surface area contributed by atoms with Crippen LogP contribution in [0.2, 0.25) is 0 Å². The molecular weight excluding hydrogens is 759 g/mol. The molecule has 0 fully saturated rings. The highest BCUT2D eigenvalue weighted by atomic mass is 16.5. The van der Waals surface area contributed by atoms with E-state index >= 15 is 0 Å². The van der Waals surface area contributed by atoms with Gasteiger partial charge >= 0.3 is 0 Å². The zero-order valence-electron chi connectivity index (χ0n) is 46.3. The number of hydrogen-bond acceptors (Lipinski definition) is 3. The first-order valence-electron chi connectivity index (χ1n) is 26.3. The summed E-state index contributed by atoms with van der Waals surface area (Å²) in [5.74, 6) is 1.30. The van der Waals surface area contributed by atoms with Crippen LogP contribution in [0.1, 0.15) is 34.8 Å². The van der Waals surface area contributed by atoms with Crippen LogP contribution in [-0.2, 0) is 0 Å². The van der Waals surface area contributed by atoms with Gasteiger partial charge in [0.05, 0.1) is 47.1 Å². The fourth-order valence-electron chi connectivity index (χ4n) is 8.24. The molecule has 0 radical (unpaired) electrons. The Balaban J connectivity index is 1.06. The Labute approximate surface area is 378 Å². The smallest absolute Gasteiger partial charge is 0.269 e. The van der Waals surface area contributed by atoms with Gasteiger partial charge in [-0.05, 0) is 109 Å². The number of pyridine rings is 2. The van der Waals surface area contributed by atoms with E-state index in [1.807, 2.05) is 91.2 Å². The van der Waals surface area contributed by atoms with Crippen LogP contribution in [0.15, 0.2) is 194 Å². The predicted molar refractivity (Wildman–Crippen MR) is 251 cm³/mol. The molecule has 62 heavy (non-hydrogen) atoms. The number of ether oxygens (including phenoxy) is 1. The first-order chi connectivity index (χ1) is 35.8. The molecule has 0 unspecified atom stereocenters. The summed E-state index contributed by atoms with van der Waals surface area (Å²) in [6.07, 6.45) is 5.02. The number of rotatable bonds is 8. The third kappa shape index (κ3) is 6.50. The Morgan fingerprint density at radius 2 is 1.26 bits per heavy atom. The van der Waals surface area contributed by atoms with Crippen LogP contribution in [0.3, 0.4) is 0 Å². The fourth-order valence-corrected chi connectivity index (χ4v) is 8.24. The molecule has 11 rings (SSSR count). The van der Waals surface area contributed by atoms with Crippen molar-refractivity contribution in [1.82, 2.24) is 19.1 Å². The van der Waals surface area contributed by atoms with Crippen LogP contribution < -0.4 is 9.30 Å². The second-order valence-electron chi connectivity index (χ2n) is 14.8. The molecule has 11 aromatic rings. The van der Waals surface area contributed by atoms with E-state index in [9.17, 15) is 0 Å². The largest absolute Gasteiger partial charge is 0.458 e. The Kier molecular flexibility index (Phi) is 6.25. The number of fused-ring (bicyclic) bond motifs is 4. The third-order valence-corrected chi connectivity index (χ3v) is 10.8. The molecular formula is C56H41N5O. The molecule has 0 aliphatic heterocycles. The molecule has 0 spiro atoms. The minimum Gasteiger partial charge on any atom is -0.458 e. The summed E-state index contributed by atoms with van der Waals surface area (Å²) >= 11 is 0. The Morgan fingerprint density at radius 3 is 2.00 bits per heavy atom. The molecule has 296 valence electrons. The molecule has 0 amide bonds. The number of para-hydroxylation sites is 4. The number of aromatic nitrogens is 5. The van der Waals surface area contributed by atoms with Gasteiger partial charge in [0.15, 0.2) is 0 Å². The molecule has 0 saturated heterocycles. The lowest BCUT2D eigenvalue weighted by Gasteiger charge is -2.17. The number of nitrogens with zero attached hydrogens (tertiary/aromatic N) is 5. The first-order valence-corrected chi connectivity index (χ1v) is 19.8. The molecule has 0 aliphatic carbocycles. The molecule has 0 bridgehead atoms. The topological polar surface area (TPSA) is 48.8 Å². The lowest BCUT2D eigenvalue weighted by atomic mass is 9.95. The van der Waals surface area contributed by atoms with Crippen molar-refractivity contribution >= 4 is 32.8 Å². The number of benzene rings is 7. The van der Waals surface area contributed by atoms with E-state index in [2.05, 4.69) is 11.3 Å². The third-order valence-electron chi connectivity index (χ3n) is 10.8. The normalized spacial score (nSPS) is 14.6. The predicted octanol–water partition coefficient (Wildman–Crippen LogP) is 13.3. The lowest BCUT2D eigenvalue weighted by molar-refractivity contribution is -0.571. The van der Waals surface area contributed by atoms with Crippen molar-refractivity contribution in [3.05, 3.63) is 217 Å². The fraction of sp³-hybridized carbons (Fsp3) is 0.0536. The van der Waals surface area contributed by atoms with Crippen molar-refractivity contribution in [1.29, 1.82) is 0 Å². The zero-order valence-corrected chi connectivity index (χ0v) is 33.3. The van der Waals surface area contributed by atoms with E-state index in [1.165, 1.54) is 0 Å².